The van der Waals surface area contributed by atoms with Crippen LogP contribution in [0, 0.1) is 0 Å². The van der Waals surface area contributed by atoms with Gasteiger partial charge in [-0.15, -0.1) is 0 Å². The number of hydrogen-bond acceptors (Lipinski definition) is 1. The molecule has 92 valence electrons. The average molecular weight is 251 g/mol. The average Bonchev–Trinajstić information content (AvgIpc) is 2.38. The van der Waals surface area contributed by atoms with Crippen molar-refractivity contribution >= 4 is 11.6 Å². The number of hydrogen-bond donors (Lipinski definition) is 0. The second-order valence-electron chi connectivity index (χ2n) is 4.59. The van der Waals surface area contributed by atoms with Gasteiger partial charge in [-0.3, -0.25) is 0 Å². The fraction of sp³-hybridized carbons (Fsp3) is 0.467. The summed E-state index contributed by atoms with van der Waals surface area (Å²) >= 11 is 5.90. The zero-order valence-corrected chi connectivity index (χ0v) is 11.0. The molecule has 17 heavy (non-hydrogen) atoms. The van der Waals surface area contributed by atoms with Crippen molar-refractivity contribution < 1.29 is 4.74 Å². The van der Waals surface area contributed by atoms with Crippen LogP contribution < -0.4 is 0 Å². The second kappa shape index (κ2) is 6.23. The van der Waals surface area contributed by atoms with E-state index in [-0.39, 0.29) is 6.10 Å². The highest BCUT2D eigenvalue weighted by Gasteiger charge is 2.14. The third-order valence-electron chi connectivity index (χ3n) is 3.36. The number of allylic oxidation sites excluding steroid dienone is 1. The molecule has 1 atom stereocenters. The van der Waals surface area contributed by atoms with Gasteiger partial charge in [0.1, 0.15) is 0 Å². The quantitative estimate of drug-likeness (QED) is 0.690. The summed E-state index contributed by atoms with van der Waals surface area (Å²) in [5, 5.41) is 0.778. The lowest BCUT2D eigenvalue weighted by Crippen LogP contribution is -2.04. The summed E-state index contributed by atoms with van der Waals surface area (Å²) in [6.07, 6.45) is 8.67. The predicted molar refractivity (Wildman–Crippen MR) is 72.4 cm³/mol. The van der Waals surface area contributed by atoms with Crippen molar-refractivity contribution in [2.24, 2.45) is 0 Å². The van der Waals surface area contributed by atoms with Gasteiger partial charge in [0.2, 0.25) is 0 Å². The molecule has 2 heteroatoms. The summed E-state index contributed by atoms with van der Waals surface area (Å²) in [6.45, 7) is 0. The Hall–Kier alpha value is -0.790. The van der Waals surface area contributed by atoms with Crippen LogP contribution in [0.2, 0.25) is 5.02 Å². The van der Waals surface area contributed by atoms with E-state index in [0.29, 0.717) is 0 Å². The van der Waals surface area contributed by atoms with E-state index >= 15 is 0 Å². The molecule has 0 radical (unpaired) electrons. The van der Waals surface area contributed by atoms with Gasteiger partial charge in [-0.1, -0.05) is 35.4 Å². The number of ether oxygens (including phenoxy) is 1. The van der Waals surface area contributed by atoms with E-state index in [1.54, 1.807) is 7.11 Å². The molecule has 0 aromatic heterocycles. The Morgan fingerprint density at radius 2 is 2.00 bits per heavy atom. The summed E-state index contributed by atoms with van der Waals surface area (Å²) in [4.78, 5) is 0. The first-order valence-electron chi connectivity index (χ1n) is 6.26. The lowest BCUT2D eigenvalue weighted by molar-refractivity contribution is 0.102. The minimum Gasteiger partial charge on any atom is -0.376 e. The first-order valence-corrected chi connectivity index (χ1v) is 6.63. The van der Waals surface area contributed by atoms with Crippen LogP contribution >= 0.6 is 11.6 Å². The fourth-order valence-electron chi connectivity index (χ4n) is 2.34. The van der Waals surface area contributed by atoms with Crippen LogP contribution in [0.3, 0.4) is 0 Å². The van der Waals surface area contributed by atoms with Crippen molar-refractivity contribution in [3.8, 4) is 0 Å². The maximum absolute atomic E-state index is 5.90. The third-order valence-corrected chi connectivity index (χ3v) is 3.61. The Morgan fingerprint density at radius 3 is 2.59 bits per heavy atom. The topological polar surface area (TPSA) is 9.23 Å². The Morgan fingerprint density at radius 1 is 1.24 bits per heavy atom. The van der Waals surface area contributed by atoms with Crippen molar-refractivity contribution in [3.05, 3.63) is 46.5 Å². The van der Waals surface area contributed by atoms with Crippen molar-refractivity contribution in [3.63, 3.8) is 0 Å². The molecule has 0 amide bonds. The third kappa shape index (κ3) is 3.58. The Balaban J connectivity index is 2.05. The lowest BCUT2D eigenvalue weighted by Gasteiger charge is -2.20. The molecule has 0 spiro atoms. The Bertz CT molecular complexity index is 380. The molecule has 0 fully saturated rings. The van der Waals surface area contributed by atoms with Gasteiger partial charge in [-0.25, -0.2) is 0 Å². The maximum Gasteiger partial charge on any atom is 0.0858 e. The van der Waals surface area contributed by atoms with E-state index < -0.39 is 0 Å². The molecule has 1 aliphatic carbocycles. The van der Waals surface area contributed by atoms with Crippen LogP contribution in [-0.2, 0) is 4.74 Å². The Labute approximate surface area is 108 Å². The molecule has 2 rings (SSSR count). The van der Waals surface area contributed by atoms with Gasteiger partial charge in [-0.05, 0) is 49.8 Å². The van der Waals surface area contributed by atoms with Gasteiger partial charge in [0.25, 0.3) is 0 Å². The normalized spacial score (nSPS) is 17.6. The van der Waals surface area contributed by atoms with Gasteiger partial charge < -0.3 is 4.74 Å². The molecule has 0 saturated carbocycles. The largest absolute Gasteiger partial charge is 0.376 e. The number of rotatable bonds is 4. The molecule has 1 aromatic carbocycles. The highest BCUT2D eigenvalue weighted by molar-refractivity contribution is 6.30. The molecule has 1 aliphatic rings. The van der Waals surface area contributed by atoms with E-state index in [1.807, 2.05) is 12.1 Å². The van der Waals surface area contributed by atoms with Gasteiger partial charge in [0.05, 0.1) is 6.10 Å². The van der Waals surface area contributed by atoms with Crippen molar-refractivity contribution in [2.45, 2.75) is 38.2 Å². The molecular formula is C15H19ClO. The maximum atomic E-state index is 5.90. The number of benzene rings is 1. The Kier molecular flexibility index (Phi) is 4.64. The number of methoxy groups -OCH3 is 1. The minimum atomic E-state index is 0.164. The van der Waals surface area contributed by atoms with E-state index in [1.165, 1.54) is 36.8 Å². The summed E-state index contributed by atoms with van der Waals surface area (Å²) in [5.41, 5.74) is 2.75. The van der Waals surface area contributed by atoms with Crippen molar-refractivity contribution in [1.29, 1.82) is 0 Å². The van der Waals surface area contributed by atoms with Gasteiger partial charge in [0.15, 0.2) is 0 Å². The molecule has 1 nitrogen and oxygen atoms in total. The monoisotopic (exact) mass is 250 g/mol. The highest BCUT2D eigenvalue weighted by atomic mass is 35.5. The standard InChI is InChI=1S/C15H19ClO/c1-17-15(11-12-5-3-2-4-6-12)13-7-9-14(16)10-8-13/h5,7-10,15H,2-4,6,11H2,1H3. The molecular weight excluding hydrogens is 232 g/mol. The molecule has 1 unspecified atom stereocenters. The van der Waals surface area contributed by atoms with Crippen molar-refractivity contribution in [2.75, 3.05) is 7.11 Å². The summed E-state index contributed by atoms with van der Waals surface area (Å²) in [7, 11) is 1.78. The molecule has 0 bridgehead atoms. The first-order chi connectivity index (χ1) is 8.29. The lowest BCUT2D eigenvalue weighted by atomic mass is 9.93. The summed E-state index contributed by atoms with van der Waals surface area (Å²) in [5.74, 6) is 0. The molecule has 1 aromatic rings. The van der Waals surface area contributed by atoms with Gasteiger partial charge in [-0.2, -0.15) is 0 Å². The smallest absolute Gasteiger partial charge is 0.0858 e. The number of halogens is 1. The van der Waals surface area contributed by atoms with Crippen LogP contribution in [0.15, 0.2) is 35.9 Å². The van der Waals surface area contributed by atoms with Gasteiger partial charge >= 0.3 is 0 Å². The summed E-state index contributed by atoms with van der Waals surface area (Å²) < 4.78 is 5.60. The molecule has 0 saturated heterocycles. The minimum absolute atomic E-state index is 0.164. The van der Waals surface area contributed by atoms with E-state index in [2.05, 4.69) is 18.2 Å². The van der Waals surface area contributed by atoms with Crippen molar-refractivity contribution in [1.82, 2.24) is 0 Å². The van der Waals surface area contributed by atoms with Gasteiger partial charge in [0, 0.05) is 12.1 Å². The SMILES string of the molecule is COC(CC1=CCCCC1)c1ccc(Cl)cc1. The molecule has 0 N–H and O–H groups in total. The van der Waals surface area contributed by atoms with E-state index in [9.17, 15) is 0 Å². The summed E-state index contributed by atoms with van der Waals surface area (Å²) in [6, 6.07) is 7.97. The van der Waals surface area contributed by atoms with Crippen LogP contribution in [-0.4, -0.2) is 7.11 Å². The molecule has 0 heterocycles. The van der Waals surface area contributed by atoms with Crippen LogP contribution in [0.1, 0.15) is 43.8 Å². The van der Waals surface area contributed by atoms with E-state index in [0.717, 1.165) is 11.4 Å². The van der Waals surface area contributed by atoms with Crippen LogP contribution in [0.4, 0.5) is 0 Å². The van der Waals surface area contributed by atoms with Crippen LogP contribution in [0.25, 0.3) is 0 Å². The van der Waals surface area contributed by atoms with E-state index in [4.69, 9.17) is 16.3 Å². The van der Waals surface area contributed by atoms with Crippen LogP contribution in [0.5, 0.6) is 0 Å². The second-order valence-corrected chi connectivity index (χ2v) is 5.02. The zero-order chi connectivity index (χ0) is 12.1. The molecule has 0 aliphatic heterocycles. The first kappa shape index (κ1) is 12.7. The predicted octanol–water partition coefficient (Wildman–Crippen LogP) is 4.92. The fourth-order valence-corrected chi connectivity index (χ4v) is 2.47. The highest BCUT2D eigenvalue weighted by Crippen LogP contribution is 2.30. The zero-order valence-electron chi connectivity index (χ0n) is 10.3.